The van der Waals surface area contributed by atoms with Gasteiger partial charge in [-0.05, 0) is 56.2 Å². The Kier molecular flexibility index (Phi) is 7.79. The molecule has 1 atom stereocenters. The van der Waals surface area contributed by atoms with Crippen molar-refractivity contribution in [3.63, 3.8) is 0 Å². The highest BCUT2D eigenvalue weighted by molar-refractivity contribution is 7.99. The van der Waals surface area contributed by atoms with Crippen LogP contribution in [-0.2, 0) is 9.63 Å². The van der Waals surface area contributed by atoms with Gasteiger partial charge in [-0.25, -0.2) is 0 Å². The van der Waals surface area contributed by atoms with E-state index in [0.717, 1.165) is 4.90 Å². The zero-order chi connectivity index (χ0) is 20.7. The minimum atomic E-state index is -4.71. The van der Waals surface area contributed by atoms with Crippen molar-refractivity contribution in [2.24, 2.45) is 11.1 Å². The third-order valence-electron chi connectivity index (χ3n) is 4.07. The number of nitrogens with zero attached hydrogens (tertiary/aromatic N) is 1. The normalized spacial score (nSPS) is 18.4. The predicted molar refractivity (Wildman–Crippen MR) is 101 cm³/mol. The molecule has 0 aliphatic heterocycles. The molecule has 0 spiro atoms. The van der Waals surface area contributed by atoms with E-state index in [1.807, 2.05) is 0 Å². The summed E-state index contributed by atoms with van der Waals surface area (Å²) in [6, 6.07) is 5.64. The largest absolute Gasteiger partial charge is 0.573 e. The Labute approximate surface area is 165 Å². The Balaban J connectivity index is 1.86. The quantitative estimate of drug-likeness (QED) is 0.355. The number of alkyl halides is 3. The number of hydrogen-bond acceptors (Lipinski definition) is 6. The smallest absolute Gasteiger partial charge is 0.511 e. The SMILES string of the molecule is CCO/N=C(\C)C1=C(O)CC(CCSc2ccc(OC(F)(F)F)cc2)CC1=O. The van der Waals surface area contributed by atoms with Crippen LogP contribution in [0.2, 0.25) is 0 Å². The van der Waals surface area contributed by atoms with Crippen molar-refractivity contribution in [2.75, 3.05) is 12.4 Å². The van der Waals surface area contributed by atoms with E-state index >= 15 is 0 Å². The Bertz CT molecular complexity index is 745. The number of carbonyl (C=O) groups is 1. The molecule has 1 aromatic carbocycles. The van der Waals surface area contributed by atoms with Gasteiger partial charge in [0.1, 0.15) is 18.1 Å². The molecule has 0 saturated heterocycles. The molecular weight excluding hydrogens is 395 g/mol. The Hall–Kier alpha value is -2.16. The zero-order valence-corrected chi connectivity index (χ0v) is 16.4. The molecule has 1 unspecified atom stereocenters. The third-order valence-corrected chi connectivity index (χ3v) is 5.11. The van der Waals surface area contributed by atoms with Crippen molar-refractivity contribution < 1.29 is 32.6 Å². The van der Waals surface area contributed by atoms with Crippen molar-refractivity contribution in [3.8, 4) is 5.75 Å². The van der Waals surface area contributed by atoms with Gasteiger partial charge >= 0.3 is 6.36 Å². The van der Waals surface area contributed by atoms with E-state index in [1.165, 1.54) is 23.9 Å². The summed E-state index contributed by atoms with van der Waals surface area (Å²) in [5.41, 5.74) is 0.607. The summed E-state index contributed by atoms with van der Waals surface area (Å²) < 4.78 is 40.3. The summed E-state index contributed by atoms with van der Waals surface area (Å²) >= 11 is 1.47. The fourth-order valence-corrected chi connectivity index (χ4v) is 3.89. The van der Waals surface area contributed by atoms with Gasteiger partial charge in [-0.1, -0.05) is 5.16 Å². The number of aliphatic hydroxyl groups is 1. The molecular formula is C19H22F3NO4S. The monoisotopic (exact) mass is 417 g/mol. The topological polar surface area (TPSA) is 68.1 Å². The van der Waals surface area contributed by atoms with E-state index < -0.39 is 6.36 Å². The highest BCUT2D eigenvalue weighted by Gasteiger charge is 2.31. The molecule has 0 bridgehead atoms. The first kappa shape index (κ1) is 22.1. The average molecular weight is 417 g/mol. The average Bonchev–Trinajstić information content (AvgIpc) is 2.59. The lowest BCUT2D eigenvalue weighted by Gasteiger charge is -2.23. The highest BCUT2D eigenvalue weighted by atomic mass is 32.2. The van der Waals surface area contributed by atoms with Crippen LogP contribution < -0.4 is 4.74 Å². The number of halogens is 3. The molecule has 154 valence electrons. The van der Waals surface area contributed by atoms with Crippen molar-refractivity contribution in [3.05, 3.63) is 35.6 Å². The number of oxime groups is 1. The summed E-state index contributed by atoms with van der Waals surface area (Å²) in [5.74, 6) is 0.290. The van der Waals surface area contributed by atoms with Crippen molar-refractivity contribution in [1.82, 2.24) is 0 Å². The summed E-state index contributed by atoms with van der Waals surface area (Å²) in [4.78, 5) is 18.1. The van der Waals surface area contributed by atoms with E-state index in [4.69, 9.17) is 4.84 Å². The molecule has 5 nitrogen and oxygen atoms in total. The Morgan fingerprint density at radius 1 is 1.29 bits per heavy atom. The number of aliphatic hydroxyl groups excluding tert-OH is 1. The first-order chi connectivity index (χ1) is 13.2. The molecule has 1 aliphatic rings. The fourth-order valence-electron chi connectivity index (χ4n) is 2.88. The second-order valence-electron chi connectivity index (χ2n) is 6.27. The molecule has 0 amide bonds. The molecule has 28 heavy (non-hydrogen) atoms. The van der Waals surface area contributed by atoms with Crippen molar-refractivity contribution >= 4 is 23.3 Å². The van der Waals surface area contributed by atoms with E-state index in [1.54, 1.807) is 26.0 Å². The number of hydrogen-bond donors (Lipinski definition) is 1. The molecule has 0 fully saturated rings. The van der Waals surface area contributed by atoms with E-state index in [-0.39, 0.29) is 28.8 Å². The lowest BCUT2D eigenvalue weighted by atomic mass is 9.84. The van der Waals surface area contributed by atoms with Crippen LogP contribution >= 0.6 is 11.8 Å². The van der Waals surface area contributed by atoms with Gasteiger partial charge in [-0.3, -0.25) is 4.79 Å². The molecule has 2 rings (SSSR count). The van der Waals surface area contributed by atoms with Crippen LogP contribution in [0.1, 0.15) is 33.1 Å². The molecule has 9 heteroatoms. The van der Waals surface area contributed by atoms with Crippen LogP contribution in [0.25, 0.3) is 0 Å². The van der Waals surface area contributed by atoms with E-state index in [0.29, 0.717) is 37.3 Å². The number of ketones is 1. The van der Waals surface area contributed by atoms with Gasteiger partial charge in [-0.2, -0.15) is 0 Å². The number of allylic oxidation sites excluding steroid dienone is 2. The Morgan fingerprint density at radius 3 is 2.54 bits per heavy atom. The minimum absolute atomic E-state index is 0.0106. The molecule has 1 aliphatic carbocycles. The predicted octanol–water partition coefficient (Wildman–Crippen LogP) is 5.27. The highest BCUT2D eigenvalue weighted by Crippen LogP contribution is 2.32. The van der Waals surface area contributed by atoms with Gasteiger partial charge in [0.05, 0.1) is 11.3 Å². The maximum absolute atomic E-state index is 12.3. The molecule has 0 aromatic heterocycles. The van der Waals surface area contributed by atoms with Crippen molar-refractivity contribution in [1.29, 1.82) is 0 Å². The van der Waals surface area contributed by atoms with Gasteiger partial charge in [0.25, 0.3) is 0 Å². The molecule has 0 heterocycles. The lowest BCUT2D eigenvalue weighted by molar-refractivity contribution is -0.274. The lowest BCUT2D eigenvalue weighted by Crippen LogP contribution is -2.24. The second kappa shape index (κ2) is 9.86. The molecule has 1 aromatic rings. The molecule has 0 saturated carbocycles. The number of benzene rings is 1. The van der Waals surface area contributed by atoms with E-state index in [2.05, 4.69) is 9.89 Å². The maximum atomic E-state index is 12.3. The van der Waals surface area contributed by atoms with E-state index in [9.17, 15) is 23.1 Å². The maximum Gasteiger partial charge on any atom is 0.573 e. The van der Waals surface area contributed by atoms with Crippen LogP contribution in [0.15, 0.2) is 45.6 Å². The van der Waals surface area contributed by atoms with Crippen molar-refractivity contribution in [2.45, 2.75) is 44.4 Å². The Morgan fingerprint density at radius 2 is 1.96 bits per heavy atom. The summed E-state index contributed by atoms with van der Waals surface area (Å²) in [6.07, 6.45) is -3.31. The number of carbonyl (C=O) groups excluding carboxylic acids is 1. The number of rotatable bonds is 8. The number of Topliss-reactive ketones (excluding diaryl/α,β-unsaturated/α-hetero) is 1. The van der Waals surface area contributed by atoms with Crippen LogP contribution in [0.5, 0.6) is 5.75 Å². The van der Waals surface area contributed by atoms with Crippen LogP contribution in [0, 0.1) is 5.92 Å². The van der Waals surface area contributed by atoms with Gasteiger partial charge in [0.15, 0.2) is 5.78 Å². The number of thioether (sulfide) groups is 1. The second-order valence-corrected chi connectivity index (χ2v) is 7.44. The van der Waals surface area contributed by atoms with Gasteiger partial charge in [-0.15, -0.1) is 24.9 Å². The molecule has 1 N–H and O–H groups in total. The third kappa shape index (κ3) is 6.78. The fraction of sp³-hybridized carbons (Fsp3) is 0.474. The first-order valence-corrected chi connectivity index (χ1v) is 9.79. The van der Waals surface area contributed by atoms with Crippen LogP contribution in [-0.4, -0.2) is 35.3 Å². The van der Waals surface area contributed by atoms with Crippen LogP contribution in [0.4, 0.5) is 13.2 Å². The minimum Gasteiger partial charge on any atom is -0.511 e. The first-order valence-electron chi connectivity index (χ1n) is 8.80. The number of ether oxygens (including phenoxy) is 1. The standard InChI is InChI=1S/C19H22F3NO4S/c1-3-26-23-12(2)18-16(24)10-13(11-17(18)25)8-9-28-15-6-4-14(5-7-15)27-19(20,21)22/h4-7,13,24H,3,8-11H2,1-2H3/b23-12+. The molecule has 0 radical (unpaired) electrons. The summed E-state index contributed by atoms with van der Waals surface area (Å²) in [6.45, 7) is 3.78. The van der Waals surface area contributed by atoms with Crippen LogP contribution in [0.3, 0.4) is 0 Å². The summed E-state index contributed by atoms with van der Waals surface area (Å²) in [5, 5.41) is 14.0. The van der Waals surface area contributed by atoms with Gasteiger partial charge < -0.3 is 14.7 Å². The van der Waals surface area contributed by atoms with Gasteiger partial charge in [0, 0.05) is 17.7 Å². The van der Waals surface area contributed by atoms with Gasteiger partial charge in [0.2, 0.25) is 0 Å². The zero-order valence-electron chi connectivity index (χ0n) is 15.6. The summed E-state index contributed by atoms with van der Waals surface area (Å²) in [7, 11) is 0.